The fourth-order valence-corrected chi connectivity index (χ4v) is 3.33. The summed E-state index contributed by atoms with van der Waals surface area (Å²) in [6, 6.07) is 5.36. The van der Waals surface area contributed by atoms with Crippen molar-refractivity contribution in [2.24, 2.45) is 7.05 Å². The Balaban J connectivity index is 2.16. The Morgan fingerprint density at radius 3 is 2.72 bits per heavy atom. The number of fused-ring (bicyclic) bond motifs is 1. The molecule has 0 fully saturated rings. The highest BCUT2D eigenvalue weighted by atomic mass is 16.5. The molecule has 0 aliphatic rings. The Hall–Kier alpha value is -2.71. The molecule has 1 aromatic carbocycles. The molecule has 3 rings (SSSR count). The maximum Gasteiger partial charge on any atom is 0.277 e. The Bertz CT molecular complexity index is 1040. The topological polar surface area (TPSA) is 102 Å². The van der Waals surface area contributed by atoms with Crippen LogP contribution in [0.3, 0.4) is 0 Å². The summed E-state index contributed by atoms with van der Waals surface area (Å²) in [5, 5.41) is 14.9. The van der Waals surface area contributed by atoms with Gasteiger partial charge in [0, 0.05) is 13.7 Å². The minimum atomic E-state index is -0.783. The van der Waals surface area contributed by atoms with E-state index in [2.05, 4.69) is 17.0 Å². The van der Waals surface area contributed by atoms with Gasteiger partial charge in [-0.25, -0.2) is 4.98 Å². The van der Waals surface area contributed by atoms with Gasteiger partial charge in [-0.15, -0.1) is 0 Å². The van der Waals surface area contributed by atoms with Crippen molar-refractivity contribution in [3.05, 3.63) is 39.8 Å². The summed E-state index contributed by atoms with van der Waals surface area (Å²) in [6.07, 6.45) is 0.853. The van der Waals surface area contributed by atoms with Gasteiger partial charge in [-0.3, -0.25) is 9.48 Å². The third kappa shape index (κ3) is 4.33. The first-order valence-electron chi connectivity index (χ1n) is 9.98. The number of ether oxygens (including phenoxy) is 2. The number of benzene rings is 1. The maximum absolute atomic E-state index is 12.8. The molecule has 156 valence electrons. The molecule has 8 nitrogen and oxygen atoms in total. The summed E-state index contributed by atoms with van der Waals surface area (Å²) < 4.78 is 12.6. The van der Waals surface area contributed by atoms with E-state index in [9.17, 15) is 9.90 Å². The molecule has 0 spiro atoms. The third-order valence-electron chi connectivity index (χ3n) is 4.67. The first kappa shape index (κ1) is 21.0. The molecule has 29 heavy (non-hydrogen) atoms. The fourth-order valence-electron chi connectivity index (χ4n) is 3.33. The minimum Gasteiger partial charge on any atom is -0.493 e. The van der Waals surface area contributed by atoms with E-state index in [0.717, 1.165) is 18.5 Å². The fraction of sp³-hybridized carbons (Fsp3) is 0.476. The van der Waals surface area contributed by atoms with E-state index in [4.69, 9.17) is 14.5 Å². The quantitative estimate of drug-likeness (QED) is 0.573. The Morgan fingerprint density at radius 2 is 2.03 bits per heavy atom. The summed E-state index contributed by atoms with van der Waals surface area (Å²) in [4.78, 5) is 20.3. The molecular weight excluding hydrogens is 372 g/mol. The second-order valence-electron chi connectivity index (χ2n) is 6.80. The van der Waals surface area contributed by atoms with E-state index >= 15 is 0 Å². The van der Waals surface area contributed by atoms with Crippen LogP contribution in [0.25, 0.3) is 22.4 Å². The zero-order chi connectivity index (χ0) is 21.0. The van der Waals surface area contributed by atoms with E-state index in [1.807, 2.05) is 13.8 Å². The van der Waals surface area contributed by atoms with Crippen LogP contribution >= 0.6 is 0 Å². The molecule has 0 aliphatic heterocycles. The number of aliphatic hydroxyl groups is 1. The van der Waals surface area contributed by atoms with Gasteiger partial charge in [-0.1, -0.05) is 19.4 Å². The number of nitrogens with zero attached hydrogens (tertiary/aromatic N) is 3. The van der Waals surface area contributed by atoms with E-state index in [-0.39, 0.29) is 12.2 Å². The van der Waals surface area contributed by atoms with Crippen LogP contribution in [0.2, 0.25) is 0 Å². The van der Waals surface area contributed by atoms with Gasteiger partial charge in [-0.05, 0) is 38.0 Å². The zero-order valence-electron chi connectivity index (χ0n) is 17.4. The summed E-state index contributed by atoms with van der Waals surface area (Å²) in [7, 11) is 1.74. The monoisotopic (exact) mass is 400 g/mol. The van der Waals surface area contributed by atoms with Crippen molar-refractivity contribution in [3.8, 4) is 17.1 Å². The van der Waals surface area contributed by atoms with Gasteiger partial charge in [0.1, 0.15) is 23.2 Å². The normalized spacial score (nSPS) is 12.4. The number of aliphatic hydroxyl groups excluding tert-OH is 1. The molecule has 1 unspecified atom stereocenters. The SMILES string of the molecule is CCCc1nn(C)c2c(=O)[nH]c(-c3cc(C(O)COCC)ccc3OCC)nc12. The highest BCUT2D eigenvalue weighted by molar-refractivity contribution is 5.79. The largest absolute Gasteiger partial charge is 0.493 e. The molecule has 0 saturated heterocycles. The third-order valence-corrected chi connectivity index (χ3v) is 4.67. The van der Waals surface area contributed by atoms with Crippen LogP contribution in [0.4, 0.5) is 0 Å². The van der Waals surface area contributed by atoms with E-state index in [1.165, 1.54) is 0 Å². The summed E-state index contributed by atoms with van der Waals surface area (Å²) in [5.74, 6) is 0.977. The Kier molecular flexibility index (Phi) is 6.66. The predicted octanol–water partition coefficient (Wildman–Crippen LogP) is 2.74. The molecule has 1 atom stereocenters. The number of hydrogen-bond acceptors (Lipinski definition) is 6. The second kappa shape index (κ2) is 9.19. The number of H-pyrrole nitrogens is 1. The van der Waals surface area contributed by atoms with E-state index < -0.39 is 6.10 Å². The van der Waals surface area contributed by atoms with Gasteiger partial charge in [-0.2, -0.15) is 5.10 Å². The molecule has 0 amide bonds. The van der Waals surface area contributed by atoms with Crippen molar-refractivity contribution in [1.29, 1.82) is 0 Å². The van der Waals surface area contributed by atoms with E-state index in [0.29, 0.717) is 46.9 Å². The average Bonchev–Trinajstić information content (AvgIpc) is 3.02. The standard InChI is InChI=1S/C21H28N4O4/c1-5-8-15-18-19(25(4)24-15)21(27)23-20(22-18)14-11-13(16(26)12-28-6-2)9-10-17(14)29-7-3/h9-11,16,26H,5-8,12H2,1-4H3,(H,22,23,27). The van der Waals surface area contributed by atoms with Crippen LogP contribution in [-0.2, 0) is 18.2 Å². The van der Waals surface area contributed by atoms with Crippen molar-refractivity contribution in [2.45, 2.75) is 39.7 Å². The molecule has 0 radical (unpaired) electrons. The van der Waals surface area contributed by atoms with Crippen molar-refractivity contribution in [3.63, 3.8) is 0 Å². The minimum absolute atomic E-state index is 0.191. The van der Waals surface area contributed by atoms with Gasteiger partial charge in [0.2, 0.25) is 0 Å². The molecule has 2 heterocycles. The van der Waals surface area contributed by atoms with Crippen LogP contribution < -0.4 is 10.3 Å². The first-order valence-corrected chi connectivity index (χ1v) is 9.98. The molecule has 2 aromatic heterocycles. The molecule has 8 heteroatoms. The lowest BCUT2D eigenvalue weighted by Crippen LogP contribution is -2.13. The molecule has 0 aliphatic carbocycles. The van der Waals surface area contributed by atoms with Crippen LogP contribution in [0.5, 0.6) is 5.75 Å². The molecular formula is C21H28N4O4. The Morgan fingerprint density at radius 1 is 1.24 bits per heavy atom. The number of hydrogen-bond donors (Lipinski definition) is 2. The maximum atomic E-state index is 12.8. The van der Waals surface area contributed by atoms with Gasteiger partial charge in [0.05, 0.1) is 24.5 Å². The lowest BCUT2D eigenvalue weighted by molar-refractivity contribution is 0.0420. The van der Waals surface area contributed by atoms with Gasteiger partial charge < -0.3 is 19.6 Å². The van der Waals surface area contributed by atoms with Gasteiger partial charge in [0.25, 0.3) is 5.56 Å². The van der Waals surface area contributed by atoms with Crippen LogP contribution in [0.1, 0.15) is 44.6 Å². The summed E-state index contributed by atoms with van der Waals surface area (Å²) in [6.45, 7) is 7.01. The van der Waals surface area contributed by atoms with Crippen LogP contribution in [0.15, 0.2) is 23.0 Å². The molecule has 3 aromatic rings. The second-order valence-corrected chi connectivity index (χ2v) is 6.80. The zero-order valence-corrected chi connectivity index (χ0v) is 17.4. The van der Waals surface area contributed by atoms with Gasteiger partial charge >= 0.3 is 0 Å². The van der Waals surface area contributed by atoms with Crippen molar-refractivity contribution in [2.75, 3.05) is 19.8 Å². The molecule has 0 saturated carbocycles. The first-order chi connectivity index (χ1) is 14.0. The van der Waals surface area contributed by atoms with Gasteiger partial charge in [0.15, 0.2) is 5.52 Å². The number of aromatic nitrogens is 4. The summed E-state index contributed by atoms with van der Waals surface area (Å²) in [5.41, 5.74) is 2.86. The predicted molar refractivity (Wildman–Crippen MR) is 111 cm³/mol. The lowest BCUT2D eigenvalue weighted by atomic mass is 10.0. The Labute approximate surface area is 169 Å². The smallest absolute Gasteiger partial charge is 0.277 e. The molecule has 2 N–H and O–H groups in total. The number of rotatable bonds is 9. The highest BCUT2D eigenvalue weighted by Crippen LogP contribution is 2.31. The number of aromatic amines is 1. The molecule has 0 bridgehead atoms. The van der Waals surface area contributed by atoms with Crippen molar-refractivity contribution < 1.29 is 14.6 Å². The highest BCUT2D eigenvalue weighted by Gasteiger charge is 2.19. The van der Waals surface area contributed by atoms with Crippen molar-refractivity contribution in [1.82, 2.24) is 19.7 Å². The van der Waals surface area contributed by atoms with Crippen LogP contribution in [-0.4, -0.2) is 44.7 Å². The van der Waals surface area contributed by atoms with E-state index in [1.54, 1.807) is 29.9 Å². The average molecular weight is 400 g/mol. The number of aryl methyl sites for hydroxylation is 2. The van der Waals surface area contributed by atoms with Crippen LogP contribution in [0, 0.1) is 0 Å². The lowest BCUT2D eigenvalue weighted by Gasteiger charge is -2.15. The summed E-state index contributed by atoms with van der Waals surface area (Å²) >= 11 is 0. The number of nitrogens with one attached hydrogen (secondary N) is 1. The van der Waals surface area contributed by atoms with Crippen molar-refractivity contribution >= 4 is 11.0 Å².